The number of nitrogens with zero attached hydrogens (tertiary/aromatic N) is 1. The molecule has 0 radical (unpaired) electrons. The Balaban J connectivity index is 2.42. The van der Waals surface area contributed by atoms with Gasteiger partial charge in [-0.05, 0) is 36.1 Å². The minimum absolute atomic E-state index is 0.154. The van der Waals surface area contributed by atoms with E-state index in [9.17, 15) is 14.0 Å². The van der Waals surface area contributed by atoms with Crippen molar-refractivity contribution < 1.29 is 14.0 Å². The van der Waals surface area contributed by atoms with E-state index >= 15 is 0 Å². The molecule has 1 aliphatic heterocycles. The molecule has 21 heavy (non-hydrogen) atoms. The molecule has 0 spiro atoms. The highest BCUT2D eigenvalue weighted by Gasteiger charge is 2.38. The standard InChI is InChI=1S/C16H21FN2O2/c1-10-7-11(17)9-12(8-10)19-6-5-13(20)18-14(15(19)21)16(2,3)4/h7-9,14H,5-6H2,1-4H3,(H,18,20). The fourth-order valence-corrected chi connectivity index (χ4v) is 2.49. The third-order valence-electron chi connectivity index (χ3n) is 3.59. The van der Waals surface area contributed by atoms with Crippen LogP contribution in [0.1, 0.15) is 32.8 Å². The smallest absolute Gasteiger partial charge is 0.250 e. The first kappa shape index (κ1) is 15.5. The van der Waals surface area contributed by atoms with Crippen molar-refractivity contribution in [3.63, 3.8) is 0 Å². The zero-order chi connectivity index (χ0) is 15.8. The lowest BCUT2D eigenvalue weighted by molar-refractivity contribution is -0.127. The maximum Gasteiger partial charge on any atom is 0.250 e. The van der Waals surface area contributed by atoms with Gasteiger partial charge in [-0.3, -0.25) is 9.59 Å². The van der Waals surface area contributed by atoms with Crippen molar-refractivity contribution in [1.29, 1.82) is 0 Å². The second-order valence-corrected chi connectivity index (χ2v) is 6.59. The van der Waals surface area contributed by atoms with Gasteiger partial charge in [0, 0.05) is 18.7 Å². The summed E-state index contributed by atoms with van der Waals surface area (Å²) in [6, 6.07) is 3.89. The molecule has 1 saturated heterocycles. The van der Waals surface area contributed by atoms with E-state index in [2.05, 4.69) is 5.32 Å². The minimum Gasteiger partial charge on any atom is -0.344 e. The largest absolute Gasteiger partial charge is 0.344 e. The Morgan fingerprint density at radius 3 is 2.48 bits per heavy atom. The van der Waals surface area contributed by atoms with Gasteiger partial charge in [0.15, 0.2) is 0 Å². The molecule has 114 valence electrons. The van der Waals surface area contributed by atoms with Crippen molar-refractivity contribution in [3.8, 4) is 0 Å². The molecule has 1 heterocycles. The molecule has 1 unspecified atom stereocenters. The second-order valence-electron chi connectivity index (χ2n) is 6.59. The number of halogens is 1. The molecule has 5 heteroatoms. The third-order valence-corrected chi connectivity index (χ3v) is 3.59. The van der Waals surface area contributed by atoms with Crippen molar-refractivity contribution in [1.82, 2.24) is 5.32 Å². The number of benzene rings is 1. The van der Waals surface area contributed by atoms with Crippen LogP contribution < -0.4 is 10.2 Å². The number of carbonyl (C=O) groups excluding carboxylic acids is 2. The van der Waals surface area contributed by atoms with E-state index in [-0.39, 0.29) is 30.6 Å². The van der Waals surface area contributed by atoms with Crippen LogP contribution in [0.25, 0.3) is 0 Å². The van der Waals surface area contributed by atoms with E-state index in [0.717, 1.165) is 5.56 Å². The van der Waals surface area contributed by atoms with Crippen LogP contribution in [0.3, 0.4) is 0 Å². The Hall–Kier alpha value is -1.91. The van der Waals surface area contributed by atoms with Gasteiger partial charge in [0.1, 0.15) is 11.9 Å². The highest BCUT2D eigenvalue weighted by molar-refractivity contribution is 6.01. The van der Waals surface area contributed by atoms with Crippen molar-refractivity contribution in [2.24, 2.45) is 5.41 Å². The summed E-state index contributed by atoms with van der Waals surface area (Å²) in [6.45, 7) is 7.74. The topological polar surface area (TPSA) is 49.4 Å². The van der Waals surface area contributed by atoms with Gasteiger partial charge in [-0.1, -0.05) is 20.8 Å². The molecule has 0 aliphatic carbocycles. The van der Waals surface area contributed by atoms with E-state index in [4.69, 9.17) is 0 Å². The molecule has 0 bridgehead atoms. The molecule has 1 aliphatic rings. The minimum atomic E-state index is -0.615. The summed E-state index contributed by atoms with van der Waals surface area (Å²) >= 11 is 0. The molecule has 1 fully saturated rings. The van der Waals surface area contributed by atoms with E-state index in [1.807, 2.05) is 20.8 Å². The lowest BCUT2D eigenvalue weighted by Gasteiger charge is -2.32. The van der Waals surface area contributed by atoms with Crippen molar-refractivity contribution in [2.45, 2.75) is 40.2 Å². The average molecular weight is 292 g/mol. The number of carbonyl (C=O) groups is 2. The third kappa shape index (κ3) is 3.40. The SMILES string of the molecule is Cc1cc(F)cc(N2CCC(=O)NC(C(C)(C)C)C2=O)c1. The number of amides is 2. The Kier molecular flexibility index (Phi) is 4.03. The Bertz CT molecular complexity index is 558. The van der Waals surface area contributed by atoms with Crippen LogP contribution in [0.2, 0.25) is 0 Å². The summed E-state index contributed by atoms with van der Waals surface area (Å²) in [5.74, 6) is -0.731. The number of hydrogen-bond acceptors (Lipinski definition) is 2. The van der Waals surface area contributed by atoms with Crippen molar-refractivity contribution in [2.75, 3.05) is 11.4 Å². The monoisotopic (exact) mass is 292 g/mol. The van der Waals surface area contributed by atoms with Gasteiger partial charge in [0.25, 0.3) is 0 Å². The summed E-state index contributed by atoms with van der Waals surface area (Å²) < 4.78 is 13.6. The molecule has 1 N–H and O–H groups in total. The molecular weight excluding hydrogens is 271 g/mol. The lowest BCUT2D eigenvalue weighted by atomic mass is 9.86. The normalized spacial score (nSPS) is 20.2. The molecule has 1 atom stereocenters. The number of anilines is 1. The Labute approximate surface area is 124 Å². The molecule has 1 aromatic carbocycles. The van der Waals surface area contributed by atoms with Gasteiger partial charge >= 0.3 is 0 Å². The fraction of sp³-hybridized carbons (Fsp3) is 0.500. The summed E-state index contributed by atoms with van der Waals surface area (Å²) in [7, 11) is 0. The van der Waals surface area contributed by atoms with Gasteiger partial charge in [0.2, 0.25) is 11.8 Å². The van der Waals surface area contributed by atoms with Crippen LogP contribution >= 0.6 is 0 Å². The number of hydrogen-bond donors (Lipinski definition) is 1. The average Bonchev–Trinajstić information content (AvgIpc) is 2.47. The van der Waals surface area contributed by atoms with E-state index < -0.39 is 11.5 Å². The van der Waals surface area contributed by atoms with Crippen molar-refractivity contribution in [3.05, 3.63) is 29.6 Å². The van der Waals surface area contributed by atoms with Crippen LogP contribution in [0.5, 0.6) is 0 Å². The summed E-state index contributed by atoms with van der Waals surface area (Å²) in [6.07, 6.45) is 0.216. The molecule has 4 nitrogen and oxygen atoms in total. The number of aryl methyl sites for hydroxylation is 1. The zero-order valence-corrected chi connectivity index (χ0v) is 12.9. The highest BCUT2D eigenvalue weighted by Crippen LogP contribution is 2.27. The summed E-state index contributed by atoms with van der Waals surface area (Å²) in [4.78, 5) is 26.1. The quantitative estimate of drug-likeness (QED) is 0.864. The van der Waals surface area contributed by atoms with Crippen LogP contribution in [-0.2, 0) is 9.59 Å². The van der Waals surface area contributed by atoms with E-state index in [1.54, 1.807) is 13.0 Å². The first-order valence-electron chi connectivity index (χ1n) is 7.06. The molecule has 0 aromatic heterocycles. The van der Waals surface area contributed by atoms with Gasteiger partial charge in [-0.15, -0.1) is 0 Å². The lowest BCUT2D eigenvalue weighted by Crippen LogP contribution is -2.52. The Morgan fingerprint density at radius 2 is 1.90 bits per heavy atom. The highest BCUT2D eigenvalue weighted by atomic mass is 19.1. The number of nitrogens with one attached hydrogen (secondary N) is 1. The maximum atomic E-state index is 13.6. The van der Waals surface area contributed by atoms with Crippen molar-refractivity contribution >= 4 is 17.5 Å². The van der Waals surface area contributed by atoms with Crippen LogP contribution in [0.15, 0.2) is 18.2 Å². The van der Waals surface area contributed by atoms with Crippen LogP contribution in [0, 0.1) is 18.2 Å². The van der Waals surface area contributed by atoms with Gasteiger partial charge in [0.05, 0.1) is 0 Å². The van der Waals surface area contributed by atoms with Crippen LogP contribution in [-0.4, -0.2) is 24.4 Å². The van der Waals surface area contributed by atoms with Gasteiger partial charge in [-0.25, -0.2) is 4.39 Å². The van der Waals surface area contributed by atoms with Crippen LogP contribution in [0.4, 0.5) is 10.1 Å². The first-order valence-corrected chi connectivity index (χ1v) is 7.06. The first-order chi connectivity index (χ1) is 9.68. The number of rotatable bonds is 1. The Morgan fingerprint density at radius 1 is 1.24 bits per heavy atom. The molecular formula is C16H21FN2O2. The molecule has 1 aromatic rings. The predicted octanol–water partition coefficient (Wildman–Crippen LogP) is 2.40. The molecule has 0 saturated carbocycles. The van der Waals surface area contributed by atoms with E-state index in [0.29, 0.717) is 5.69 Å². The zero-order valence-electron chi connectivity index (χ0n) is 12.9. The molecule has 2 amide bonds. The van der Waals surface area contributed by atoms with Gasteiger partial charge < -0.3 is 10.2 Å². The van der Waals surface area contributed by atoms with Gasteiger partial charge in [-0.2, -0.15) is 0 Å². The predicted molar refractivity (Wildman–Crippen MR) is 79.5 cm³/mol. The molecule has 2 rings (SSSR count). The second kappa shape index (κ2) is 5.47. The fourth-order valence-electron chi connectivity index (χ4n) is 2.49. The maximum absolute atomic E-state index is 13.6. The summed E-state index contributed by atoms with van der Waals surface area (Å²) in [5, 5.41) is 2.77. The van der Waals surface area contributed by atoms with E-state index in [1.165, 1.54) is 17.0 Å². The summed E-state index contributed by atoms with van der Waals surface area (Å²) in [5.41, 5.74) is 0.842.